The predicted molar refractivity (Wildman–Crippen MR) is 79.5 cm³/mol. The molecule has 0 spiro atoms. The van der Waals surface area contributed by atoms with Crippen molar-refractivity contribution in [2.45, 2.75) is 25.9 Å². The molecule has 2 heteroatoms. The molecule has 1 nitrogen and oxygen atoms in total. The number of benzene rings is 1. The van der Waals surface area contributed by atoms with Crippen LogP contribution >= 0.6 is 11.3 Å². The molecule has 2 aromatic rings. The summed E-state index contributed by atoms with van der Waals surface area (Å²) in [7, 11) is 0. The minimum atomic E-state index is 0.173. The summed E-state index contributed by atoms with van der Waals surface area (Å²) in [6.07, 6.45) is 6.40. The van der Waals surface area contributed by atoms with Crippen molar-refractivity contribution >= 4 is 11.3 Å². The van der Waals surface area contributed by atoms with Crippen molar-refractivity contribution in [2.75, 3.05) is 0 Å². The monoisotopic (exact) mass is 255 g/mol. The van der Waals surface area contributed by atoms with E-state index in [1.54, 1.807) is 0 Å². The molecule has 0 aliphatic carbocycles. The lowest BCUT2D eigenvalue weighted by Crippen LogP contribution is -2.25. The molecule has 0 fully saturated rings. The van der Waals surface area contributed by atoms with Gasteiger partial charge in [-0.25, -0.2) is 0 Å². The molecule has 0 amide bonds. The fourth-order valence-corrected chi connectivity index (χ4v) is 2.74. The largest absolute Gasteiger partial charge is 0.299 e. The Morgan fingerprint density at radius 1 is 1.22 bits per heavy atom. The van der Waals surface area contributed by atoms with Crippen molar-refractivity contribution in [2.24, 2.45) is 0 Å². The first-order valence-corrected chi connectivity index (χ1v) is 6.98. The number of hydrogen-bond donors (Lipinski definition) is 1. The maximum absolute atomic E-state index is 5.43. The van der Waals surface area contributed by atoms with Crippen molar-refractivity contribution < 1.29 is 0 Å². The zero-order chi connectivity index (χ0) is 12.8. The highest BCUT2D eigenvalue weighted by Crippen LogP contribution is 2.27. The Morgan fingerprint density at radius 3 is 2.67 bits per heavy atom. The third-order valence-corrected chi connectivity index (χ3v) is 3.99. The van der Waals surface area contributed by atoms with Gasteiger partial charge in [0.05, 0.1) is 6.04 Å². The molecule has 0 aliphatic rings. The Morgan fingerprint density at radius 2 is 2.00 bits per heavy atom. The zero-order valence-electron chi connectivity index (χ0n) is 10.5. The Labute approximate surface area is 113 Å². The number of hydrogen-bond acceptors (Lipinski definition) is 2. The van der Waals surface area contributed by atoms with E-state index in [9.17, 15) is 0 Å². The van der Waals surface area contributed by atoms with Gasteiger partial charge in [-0.05, 0) is 24.1 Å². The van der Waals surface area contributed by atoms with Crippen LogP contribution in [0.3, 0.4) is 0 Å². The number of thiophene rings is 1. The Hall–Kier alpha value is -1.56. The molecular weight excluding hydrogens is 238 g/mol. The van der Waals surface area contributed by atoms with E-state index in [1.165, 1.54) is 15.3 Å². The molecule has 18 heavy (non-hydrogen) atoms. The van der Waals surface area contributed by atoms with Gasteiger partial charge in [0.25, 0.3) is 0 Å². The highest BCUT2D eigenvalue weighted by atomic mass is 32.1. The van der Waals surface area contributed by atoms with Gasteiger partial charge < -0.3 is 0 Å². The van der Waals surface area contributed by atoms with E-state index in [4.69, 9.17) is 6.42 Å². The molecule has 0 radical (unpaired) electrons. The molecule has 0 bridgehead atoms. The van der Waals surface area contributed by atoms with E-state index in [0.717, 1.165) is 13.0 Å². The Bertz CT molecular complexity index is 522. The van der Waals surface area contributed by atoms with Crippen LogP contribution in [-0.4, -0.2) is 6.04 Å². The molecule has 1 N–H and O–H groups in total. The molecule has 0 aliphatic heterocycles. The molecular formula is C16H17NS. The van der Waals surface area contributed by atoms with E-state index in [2.05, 4.69) is 54.6 Å². The van der Waals surface area contributed by atoms with Gasteiger partial charge in [-0.2, -0.15) is 0 Å². The van der Waals surface area contributed by atoms with Crippen LogP contribution in [0.15, 0.2) is 42.5 Å². The molecule has 1 heterocycles. The van der Waals surface area contributed by atoms with E-state index < -0.39 is 0 Å². The summed E-state index contributed by atoms with van der Waals surface area (Å²) in [6, 6.07) is 15.0. The lowest BCUT2D eigenvalue weighted by Gasteiger charge is -2.08. The average molecular weight is 255 g/mol. The normalized spacial score (nSPS) is 12.0. The maximum atomic E-state index is 5.43. The number of nitrogens with one attached hydrogen (secondary N) is 1. The van der Waals surface area contributed by atoms with Gasteiger partial charge in [-0.15, -0.1) is 17.8 Å². The third kappa shape index (κ3) is 3.22. The highest BCUT2D eigenvalue weighted by molar-refractivity contribution is 7.15. The quantitative estimate of drug-likeness (QED) is 0.799. The molecule has 2 rings (SSSR count). The molecule has 1 aromatic heterocycles. The summed E-state index contributed by atoms with van der Waals surface area (Å²) in [5.74, 6) is 2.75. The summed E-state index contributed by atoms with van der Waals surface area (Å²) < 4.78 is 0. The van der Waals surface area contributed by atoms with E-state index >= 15 is 0 Å². The first-order chi connectivity index (χ1) is 8.83. The lowest BCUT2D eigenvalue weighted by atomic mass is 10.2. The summed E-state index contributed by atoms with van der Waals surface area (Å²) in [6.45, 7) is 2.95. The molecule has 0 saturated carbocycles. The van der Waals surface area contributed by atoms with Crippen LogP contribution in [0.2, 0.25) is 0 Å². The fourth-order valence-electron chi connectivity index (χ4n) is 1.78. The van der Waals surface area contributed by atoms with Gasteiger partial charge in [0.2, 0.25) is 0 Å². The van der Waals surface area contributed by atoms with Gasteiger partial charge in [0, 0.05) is 16.3 Å². The van der Waals surface area contributed by atoms with Crippen molar-refractivity contribution in [3.05, 3.63) is 47.3 Å². The fraction of sp³-hybridized carbons (Fsp3) is 0.250. The topological polar surface area (TPSA) is 12.0 Å². The number of rotatable bonds is 5. The molecule has 1 atom stereocenters. The SMILES string of the molecule is C#CC(CC)NCc1ccc(-c2ccccc2)s1. The average Bonchev–Trinajstić information content (AvgIpc) is 2.90. The Kier molecular flexibility index (Phi) is 4.58. The van der Waals surface area contributed by atoms with Crippen molar-refractivity contribution in [3.63, 3.8) is 0 Å². The van der Waals surface area contributed by atoms with Crippen molar-refractivity contribution in [3.8, 4) is 22.8 Å². The predicted octanol–water partition coefficient (Wildman–Crippen LogP) is 3.92. The van der Waals surface area contributed by atoms with E-state index in [-0.39, 0.29) is 6.04 Å². The minimum absolute atomic E-state index is 0.173. The second kappa shape index (κ2) is 6.39. The highest BCUT2D eigenvalue weighted by Gasteiger charge is 2.04. The second-order valence-electron chi connectivity index (χ2n) is 4.14. The van der Waals surface area contributed by atoms with Crippen molar-refractivity contribution in [1.29, 1.82) is 0 Å². The third-order valence-electron chi connectivity index (χ3n) is 2.85. The van der Waals surface area contributed by atoms with Gasteiger partial charge in [-0.3, -0.25) is 5.32 Å². The van der Waals surface area contributed by atoms with Gasteiger partial charge in [0.15, 0.2) is 0 Å². The van der Waals surface area contributed by atoms with Crippen LogP contribution in [0, 0.1) is 12.3 Å². The first kappa shape index (κ1) is 12.9. The molecule has 92 valence electrons. The van der Waals surface area contributed by atoms with Crippen LogP contribution in [-0.2, 0) is 6.54 Å². The first-order valence-electron chi connectivity index (χ1n) is 6.17. The summed E-state index contributed by atoms with van der Waals surface area (Å²) in [5.41, 5.74) is 1.28. The van der Waals surface area contributed by atoms with Crippen LogP contribution in [0.1, 0.15) is 18.2 Å². The van der Waals surface area contributed by atoms with Gasteiger partial charge in [-0.1, -0.05) is 43.2 Å². The van der Waals surface area contributed by atoms with Crippen LogP contribution in [0.5, 0.6) is 0 Å². The standard InChI is InChI=1S/C16H17NS/c1-3-14(4-2)17-12-15-10-11-16(18-15)13-8-6-5-7-9-13/h1,5-11,14,17H,4,12H2,2H3. The smallest absolute Gasteiger partial charge is 0.0687 e. The van der Waals surface area contributed by atoms with Gasteiger partial charge >= 0.3 is 0 Å². The summed E-state index contributed by atoms with van der Waals surface area (Å²) in [4.78, 5) is 2.63. The maximum Gasteiger partial charge on any atom is 0.0687 e. The lowest BCUT2D eigenvalue weighted by molar-refractivity contribution is 0.597. The summed E-state index contributed by atoms with van der Waals surface area (Å²) >= 11 is 1.82. The van der Waals surface area contributed by atoms with Crippen LogP contribution in [0.4, 0.5) is 0 Å². The summed E-state index contributed by atoms with van der Waals surface area (Å²) in [5, 5.41) is 3.37. The Balaban J connectivity index is 2.01. The minimum Gasteiger partial charge on any atom is -0.299 e. The number of terminal acetylenes is 1. The van der Waals surface area contributed by atoms with Gasteiger partial charge in [0.1, 0.15) is 0 Å². The molecule has 1 unspecified atom stereocenters. The zero-order valence-corrected chi connectivity index (χ0v) is 11.3. The van der Waals surface area contributed by atoms with Crippen LogP contribution in [0.25, 0.3) is 10.4 Å². The van der Waals surface area contributed by atoms with E-state index in [0.29, 0.717) is 0 Å². The second-order valence-corrected chi connectivity index (χ2v) is 5.31. The van der Waals surface area contributed by atoms with Crippen molar-refractivity contribution in [1.82, 2.24) is 5.32 Å². The van der Waals surface area contributed by atoms with E-state index in [1.807, 2.05) is 17.4 Å². The van der Waals surface area contributed by atoms with Crippen LogP contribution < -0.4 is 5.32 Å². The molecule has 0 saturated heterocycles. The molecule has 1 aromatic carbocycles.